The lowest BCUT2D eigenvalue weighted by Crippen LogP contribution is -2.48. The van der Waals surface area contributed by atoms with Gasteiger partial charge in [0.25, 0.3) is 0 Å². The molecule has 2 rings (SSSR count). The fourth-order valence-electron chi connectivity index (χ4n) is 3.79. The van der Waals surface area contributed by atoms with Crippen molar-refractivity contribution in [3.8, 4) is 6.07 Å². The first-order valence-electron chi connectivity index (χ1n) is 8.86. The monoisotopic (exact) mass is 291 g/mol. The van der Waals surface area contributed by atoms with E-state index in [0.29, 0.717) is 12.1 Å². The molecule has 3 heteroatoms. The van der Waals surface area contributed by atoms with Crippen molar-refractivity contribution in [1.82, 2.24) is 10.2 Å². The van der Waals surface area contributed by atoms with Crippen LogP contribution < -0.4 is 5.32 Å². The van der Waals surface area contributed by atoms with E-state index < -0.39 is 0 Å². The zero-order valence-corrected chi connectivity index (χ0v) is 14.4. The zero-order valence-electron chi connectivity index (χ0n) is 14.4. The summed E-state index contributed by atoms with van der Waals surface area (Å²) in [4.78, 5) is 2.62. The fourth-order valence-corrected chi connectivity index (χ4v) is 3.79. The van der Waals surface area contributed by atoms with Gasteiger partial charge in [0.2, 0.25) is 0 Å². The number of nitriles is 1. The van der Waals surface area contributed by atoms with Crippen LogP contribution in [0.15, 0.2) is 0 Å². The second kappa shape index (κ2) is 7.11. The number of nitrogens with one attached hydrogen (secondary N) is 1. The van der Waals surface area contributed by atoms with Crippen LogP contribution in [-0.2, 0) is 0 Å². The Morgan fingerprint density at radius 2 is 1.90 bits per heavy atom. The number of hydrogen-bond donors (Lipinski definition) is 1. The first kappa shape index (κ1) is 16.8. The van der Waals surface area contributed by atoms with E-state index in [1.807, 2.05) is 0 Å². The summed E-state index contributed by atoms with van der Waals surface area (Å²) >= 11 is 0. The lowest BCUT2D eigenvalue weighted by molar-refractivity contribution is 0.177. The van der Waals surface area contributed by atoms with Crippen molar-refractivity contribution in [1.29, 1.82) is 5.26 Å². The molecule has 1 saturated carbocycles. The molecule has 2 aliphatic rings. The molecule has 3 nitrogen and oxygen atoms in total. The van der Waals surface area contributed by atoms with Gasteiger partial charge in [-0.25, -0.2) is 0 Å². The molecule has 1 saturated heterocycles. The van der Waals surface area contributed by atoms with Gasteiger partial charge in [0.05, 0.1) is 6.07 Å². The number of nitrogens with zero attached hydrogens (tertiary/aromatic N) is 2. The third kappa shape index (κ3) is 4.97. The molecule has 120 valence electrons. The Bertz CT molecular complexity index is 369. The maximum Gasteiger partial charge on any atom is 0.105 e. The summed E-state index contributed by atoms with van der Waals surface area (Å²) in [6.45, 7) is 11.5. The summed E-state index contributed by atoms with van der Waals surface area (Å²) in [5.74, 6) is 1.69. The van der Waals surface area contributed by atoms with E-state index in [4.69, 9.17) is 0 Å². The standard InChI is InChI=1S/C18H33N3/c1-14(2)16-6-5-10-21(11-9-16)15(3)12-18(4,13-19)20-17-7-8-17/h14-17,20H,5-12H2,1-4H3. The van der Waals surface area contributed by atoms with E-state index in [2.05, 4.69) is 44.0 Å². The lowest BCUT2D eigenvalue weighted by Gasteiger charge is -2.33. The van der Waals surface area contributed by atoms with Crippen LogP contribution in [0.3, 0.4) is 0 Å². The van der Waals surface area contributed by atoms with Gasteiger partial charge in [0, 0.05) is 12.1 Å². The number of hydrogen-bond acceptors (Lipinski definition) is 3. The van der Waals surface area contributed by atoms with Gasteiger partial charge in [-0.05, 0) is 77.3 Å². The Kier molecular flexibility index (Phi) is 5.68. The van der Waals surface area contributed by atoms with E-state index in [1.165, 1.54) is 45.2 Å². The summed E-state index contributed by atoms with van der Waals surface area (Å²) in [5, 5.41) is 13.1. The fraction of sp³-hybridized carbons (Fsp3) is 0.944. The minimum Gasteiger partial charge on any atom is -0.301 e. The van der Waals surface area contributed by atoms with Gasteiger partial charge in [-0.15, -0.1) is 0 Å². The molecule has 0 aromatic heterocycles. The molecule has 0 radical (unpaired) electrons. The minimum absolute atomic E-state index is 0.357. The second-order valence-corrected chi connectivity index (χ2v) is 7.89. The Balaban J connectivity index is 1.87. The van der Waals surface area contributed by atoms with E-state index in [9.17, 15) is 5.26 Å². The molecule has 0 spiro atoms. The first-order valence-corrected chi connectivity index (χ1v) is 8.86. The van der Waals surface area contributed by atoms with Gasteiger partial charge in [-0.2, -0.15) is 5.26 Å². The van der Waals surface area contributed by atoms with Crippen molar-refractivity contribution in [2.45, 2.75) is 83.8 Å². The van der Waals surface area contributed by atoms with Crippen molar-refractivity contribution >= 4 is 0 Å². The molecule has 1 heterocycles. The van der Waals surface area contributed by atoms with Crippen LogP contribution in [0, 0.1) is 23.2 Å². The molecule has 2 fully saturated rings. The maximum atomic E-state index is 9.55. The molecule has 0 aromatic rings. The topological polar surface area (TPSA) is 39.1 Å². The average molecular weight is 291 g/mol. The second-order valence-electron chi connectivity index (χ2n) is 7.89. The summed E-state index contributed by atoms with van der Waals surface area (Å²) in [6, 6.07) is 3.61. The predicted molar refractivity (Wildman–Crippen MR) is 88.0 cm³/mol. The van der Waals surface area contributed by atoms with Crippen LogP contribution in [-0.4, -0.2) is 35.6 Å². The van der Waals surface area contributed by atoms with E-state index in [-0.39, 0.29) is 5.54 Å². The smallest absolute Gasteiger partial charge is 0.105 e. The quantitative estimate of drug-likeness (QED) is 0.813. The average Bonchev–Trinajstić information content (AvgIpc) is 3.23. The minimum atomic E-state index is -0.357. The lowest BCUT2D eigenvalue weighted by atomic mass is 9.89. The van der Waals surface area contributed by atoms with Gasteiger partial charge < -0.3 is 4.90 Å². The van der Waals surface area contributed by atoms with Crippen molar-refractivity contribution in [3.63, 3.8) is 0 Å². The SMILES string of the molecule is CC(C)C1CCCN(C(C)CC(C)(C#N)NC2CC2)CC1. The number of likely N-dealkylation sites (tertiary alicyclic amines) is 1. The normalized spacial score (nSPS) is 28.7. The zero-order chi connectivity index (χ0) is 15.5. The maximum absolute atomic E-state index is 9.55. The highest BCUT2D eigenvalue weighted by molar-refractivity contribution is 5.08. The third-order valence-electron chi connectivity index (χ3n) is 5.42. The highest BCUT2D eigenvalue weighted by Crippen LogP contribution is 2.28. The van der Waals surface area contributed by atoms with Gasteiger partial charge in [-0.1, -0.05) is 13.8 Å². The molecule has 1 aliphatic carbocycles. The highest BCUT2D eigenvalue weighted by Gasteiger charge is 2.35. The largest absolute Gasteiger partial charge is 0.301 e. The van der Waals surface area contributed by atoms with Crippen LogP contribution in [0.4, 0.5) is 0 Å². The van der Waals surface area contributed by atoms with Gasteiger partial charge in [0.15, 0.2) is 0 Å². The summed E-state index contributed by atoms with van der Waals surface area (Å²) < 4.78 is 0. The van der Waals surface area contributed by atoms with E-state index in [1.54, 1.807) is 0 Å². The molecule has 1 aliphatic heterocycles. The van der Waals surface area contributed by atoms with Crippen molar-refractivity contribution in [3.05, 3.63) is 0 Å². The summed E-state index contributed by atoms with van der Waals surface area (Å²) in [5.41, 5.74) is -0.357. The van der Waals surface area contributed by atoms with Crippen LogP contribution in [0.5, 0.6) is 0 Å². The molecule has 3 unspecified atom stereocenters. The molecule has 3 atom stereocenters. The Labute approximate surface area is 131 Å². The molecule has 0 amide bonds. The van der Waals surface area contributed by atoms with E-state index >= 15 is 0 Å². The Morgan fingerprint density at radius 3 is 2.48 bits per heavy atom. The van der Waals surface area contributed by atoms with Crippen molar-refractivity contribution < 1.29 is 0 Å². The molecule has 0 bridgehead atoms. The van der Waals surface area contributed by atoms with Gasteiger partial charge in [0.1, 0.15) is 5.54 Å². The first-order chi connectivity index (χ1) is 9.93. The summed E-state index contributed by atoms with van der Waals surface area (Å²) in [7, 11) is 0. The molecule has 0 aromatic carbocycles. The van der Waals surface area contributed by atoms with Gasteiger partial charge in [-0.3, -0.25) is 5.32 Å². The van der Waals surface area contributed by atoms with E-state index in [0.717, 1.165) is 18.3 Å². The molecule has 21 heavy (non-hydrogen) atoms. The highest BCUT2D eigenvalue weighted by atomic mass is 15.2. The Morgan fingerprint density at radius 1 is 1.19 bits per heavy atom. The molecular weight excluding hydrogens is 258 g/mol. The molecule has 1 N–H and O–H groups in total. The van der Waals surface area contributed by atoms with Crippen molar-refractivity contribution in [2.75, 3.05) is 13.1 Å². The summed E-state index contributed by atoms with van der Waals surface area (Å²) in [6.07, 6.45) is 7.42. The van der Waals surface area contributed by atoms with Crippen molar-refractivity contribution in [2.24, 2.45) is 11.8 Å². The number of rotatable bonds is 6. The Hall–Kier alpha value is -0.590. The van der Waals surface area contributed by atoms with Crippen LogP contribution >= 0.6 is 0 Å². The third-order valence-corrected chi connectivity index (χ3v) is 5.42. The van der Waals surface area contributed by atoms with Crippen LogP contribution in [0.25, 0.3) is 0 Å². The van der Waals surface area contributed by atoms with Crippen LogP contribution in [0.1, 0.15) is 66.2 Å². The van der Waals surface area contributed by atoms with Crippen LogP contribution in [0.2, 0.25) is 0 Å². The molecular formula is C18H33N3. The predicted octanol–water partition coefficient (Wildman–Crippen LogP) is 3.56. The van der Waals surface area contributed by atoms with Gasteiger partial charge >= 0.3 is 0 Å².